The van der Waals surface area contributed by atoms with Gasteiger partial charge in [0.1, 0.15) is 5.82 Å². The second kappa shape index (κ2) is 8.80. The Morgan fingerprint density at radius 1 is 1.00 bits per heavy atom. The molecule has 138 valence electrons. The van der Waals surface area contributed by atoms with Crippen LogP contribution in [0, 0.1) is 0 Å². The van der Waals surface area contributed by atoms with Gasteiger partial charge >= 0.3 is 5.97 Å². The smallest absolute Gasteiger partial charge is 0.338 e. The average Bonchev–Trinajstić information content (AvgIpc) is 2.69. The molecule has 0 fully saturated rings. The summed E-state index contributed by atoms with van der Waals surface area (Å²) in [7, 11) is 0. The lowest BCUT2D eigenvalue weighted by molar-refractivity contribution is 0.0526. The minimum Gasteiger partial charge on any atom is -0.462 e. The van der Waals surface area contributed by atoms with E-state index in [0.717, 1.165) is 17.8 Å². The van der Waals surface area contributed by atoms with Gasteiger partial charge in [0.15, 0.2) is 0 Å². The van der Waals surface area contributed by atoms with Gasteiger partial charge < -0.3 is 15.4 Å². The van der Waals surface area contributed by atoms with Crippen LogP contribution in [0.15, 0.2) is 60.8 Å². The average molecular weight is 362 g/mol. The first-order valence-corrected chi connectivity index (χ1v) is 8.91. The van der Waals surface area contributed by atoms with Crippen LogP contribution in [0.5, 0.6) is 0 Å². The van der Waals surface area contributed by atoms with Crippen LogP contribution in [0.1, 0.15) is 29.8 Å². The third-order valence-electron chi connectivity index (χ3n) is 3.97. The molecule has 1 aromatic heterocycles. The zero-order valence-corrected chi connectivity index (χ0v) is 15.4. The Morgan fingerprint density at radius 3 is 2.52 bits per heavy atom. The van der Waals surface area contributed by atoms with Crippen molar-refractivity contribution in [3.8, 4) is 0 Å². The highest BCUT2D eigenvalue weighted by molar-refractivity contribution is 5.89. The SMILES string of the molecule is CCOC(=O)c1ccc(Nc2nccc(Nc3ccccc3CC)n2)cc1. The number of hydrogen-bond donors (Lipinski definition) is 2. The second-order valence-corrected chi connectivity index (χ2v) is 5.82. The Hall–Kier alpha value is -3.41. The molecule has 6 heteroatoms. The maximum absolute atomic E-state index is 11.7. The van der Waals surface area contributed by atoms with Gasteiger partial charge in [0.25, 0.3) is 0 Å². The van der Waals surface area contributed by atoms with Gasteiger partial charge in [-0.2, -0.15) is 4.98 Å². The summed E-state index contributed by atoms with van der Waals surface area (Å²) in [5.41, 5.74) is 3.55. The first kappa shape index (κ1) is 18.4. The number of rotatable bonds is 7. The molecular formula is C21H22N4O2. The molecule has 0 atom stereocenters. The summed E-state index contributed by atoms with van der Waals surface area (Å²) < 4.78 is 4.98. The lowest BCUT2D eigenvalue weighted by Crippen LogP contribution is -2.05. The summed E-state index contributed by atoms with van der Waals surface area (Å²) >= 11 is 0. The van der Waals surface area contributed by atoms with E-state index >= 15 is 0 Å². The van der Waals surface area contributed by atoms with Gasteiger partial charge in [-0.1, -0.05) is 25.1 Å². The van der Waals surface area contributed by atoms with Crippen molar-refractivity contribution in [1.82, 2.24) is 9.97 Å². The molecule has 0 amide bonds. The molecule has 0 saturated heterocycles. The van der Waals surface area contributed by atoms with Gasteiger partial charge in [-0.25, -0.2) is 9.78 Å². The summed E-state index contributed by atoms with van der Waals surface area (Å²) in [6.07, 6.45) is 2.63. The van der Waals surface area contributed by atoms with Crippen molar-refractivity contribution in [2.75, 3.05) is 17.2 Å². The second-order valence-electron chi connectivity index (χ2n) is 5.82. The van der Waals surface area contributed by atoms with Crippen LogP contribution in [0.2, 0.25) is 0 Å². The molecule has 27 heavy (non-hydrogen) atoms. The Balaban J connectivity index is 1.71. The van der Waals surface area contributed by atoms with Gasteiger partial charge in [0.05, 0.1) is 12.2 Å². The maximum atomic E-state index is 11.7. The van der Waals surface area contributed by atoms with Gasteiger partial charge in [-0.05, 0) is 55.3 Å². The van der Waals surface area contributed by atoms with E-state index in [4.69, 9.17) is 4.74 Å². The largest absolute Gasteiger partial charge is 0.462 e. The standard InChI is InChI=1S/C21H22N4O2/c1-3-15-7-5-6-8-18(15)24-19-13-14-22-21(25-19)23-17-11-9-16(10-12-17)20(26)27-4-2/h5-14H,3-4H2,1-2H3,(H2,22,23,24,25). The van der Waals surface area contributed by atoms with Crippen molar-refractivity contribution in [1.29, 1.82) is 0 Å². The number of ether oxygens (including phenoxy) is 1. The monoisotopic (exact) mass is 362 g/mol. The molecule has 3 rings (SSSR count). The van der Waals surface area contributed by atoms with Crippen molar-refractivity contribution in [2.45, 2.75) is 20.3 Å². The van der Waals surface area contributed by atoms with Crippen LogP contribution in [-0.4, -0.2) is 22.5 Å². The van der Waals surface area contributed by atoms with Crippen molar-refractivity contribution in [2.24, 2.45) is 0 Å². The van der Waals surface area contributed by atoms with Crippen molar-refractivity contribution in [3.63, 3.8) is 0 Å². The minimum atomic E-state index is -0.332. The van der Waals surface area contributed by atoms with Crippen LogP contribution < -0.4 is 10.6 Å². The molecule has 0 aliphatic carbocycles. The normalized spacial score (nSPS) is 10.3. The molecule has 0 radical (unpaired) electrons. The first-order chi connectivity index (χ1) is 13.2. The molecule has 6 nitrogen and oxygen atoms in total. The molecule has 0 saturated carbocycles. The van der Waals surface area contributed by atoms with E-state index in [1.165, 1.54) is 5.56 Å². The van der Waals surface area contributed by atoms with Gasteiger partial charge in [0.2, 0.25) is 5.95 Å². The van der Waals surface area contributed by atoms with Crippen LogP contribution in [0.3, 0.4) is 0 Å². The molecule has 0 aliphatic heterocycles. The van der Waals surface area contributed by atoms with Gasteiger partial charge in [-0.15, -0.1) is 0 Å². The van der Waals surface area contributed by atoms with E-state index in [9.17, 15) is 4.79 Å². The summed E-state index contributed by atoms with van der Waals surface area (Å²) in [4.78, 5) is 20.5. The fourth-order valence-electron chi connectivity index (χ4n) is 2.61. The topological polar surface area (TPSA) is 76.1 Å². The molecular weight excluding hydrogens is 340 g/mol. The molecule has 0 bridgehead atoms. The van der Waals surface area contributed by atoms with E-state index < -0.39 is 0 Å². The highest BCUT2D eigenvalue weighted by atomic mass is 16.5. The quantitative estimate of drug-likeness (QED) is 0.593. The number of carbonyl (C=O) groups is 1. The molecule has 1 heterocycles. The third-order valence-corrected chi connectivity index (χ3v) is 3.97. The number of aromatic nitrogens is 2. The summed E-state index contributed by atoms with van der Waals surface area (Å²) in [6, 6.07) is 17.0. The van der Waals surface area contributed by atoms with Crippen LogP contribution in [0.25, 0.3) is 0 Å². The number of aryl methyl sites for hydroxylation is 1. The van der Waals surface area contributed by atoms with Crippen molar-refractivity contribution in [3.05, 3.63) is 71.9 Å². The van der Waals surface area contributed by atoms with Crippen LogP contribution in [0.4, 0.5) is 23.1 Å². The van der Waals surface area contributed by atoms with Crippen LogP contribution in [-0.2, 0) is 11.2 Å². The predicted octanol–water partition coefficient (Wildman–Crippen LogP) is 4.70. The number of nitrogens with one attached hydrogen (secondary N) is 2. The van der Waals surface area contributed by atoms with E-state index in [1.807, 2.05) is 24.3 Å². The highest BCUT2D eigenvalue weighted by Gasteiger charge is 2.07. The fourth-order valence-corrected chi connectivity index (χ4v) is 2.61. The zero-order valence-electron chi connectivity index (χ0n) is 15.4. The number of hydrogen-bond acceptors (Lipinski definition) is 6. The molecule has 0 spiro atoms. The highest BCUT2D eigenvalue weighted by Crippen LogP contribution is 2.21. The van der Waals surface area contributed by atoms with Crippen LogP contribution >= 0.6 is 0 Å². The lowest BCUT2D eigenvalue weighted by Gasteiger charge is -2.11. The van der Waals surface area contributed by atoms with Gasteiger partial charge in [-0.3, -0.25) is 0 Å². The summed E-state index contributed by atoms with van der Waals surface area (Å²) in [5.74, 6) is 0.843. The minimum absolute atomic E-state index is 0.332. The molecule has 3 aromatic rings. The maximum Gasteiger partial charge on any atom is 0.338 e. The molecule has 0 unspecified atom stereocenters. The number of benzene rings is 2. The first-order valence-electron chi connectivity index (χ1n) is 8.91. The van der Waals surface area contributed by atoms with E-state index in [1.54, 1.807) is 37.4 Å². The molecule has 2 N–H and O–H groups in total. The zero-order chi connectivity index (χ0) is 19.1. The number of anilines is 4. The Bertz CT molecular complexity index is 910. The molecule has 2 aromatic carbocycles. The number of esters is 1. The number of carbonyl (C=O) groups excluding carboxylic acids is 1. The van der Waals surface area contributed by atoms with E-state index in [2.05, 4.69) is 33.6 Å². The predicted molar refractivity (Wildman–Crippen MR) is 107 cm³/mol. The summed E-state index contributed by atoms with van der Waals surface area (Å²) in [6.45, 7) is 4.26. The number of nitrogens with zero attached hydrogens (tertiary/aromatic N) is 2. The Labute approximate surface area is 158 Å². The Kier molecular flexibility index (Phi) is 5.99. The van der Waals surface area contributed by atoms with Crippen molar-refractivity contribution >= 4 is 29.1 Å². The summed E-state index contributed by atoms with van der Waals surface area (Å²) in [5, 5.41) is 6.48. The number of para-hydroxylation sites is 1. The van der Waals surface area contributed by atoms with E-state index in [0.29, 0.717) is 23.9 Å². The lowest BCUT2D eigenvalue weighted by atomic mass is 10.1. The molecule has 0 aliphatic rings. The van der Waals surface area contributed by atoms with E-state index in [-0.39, 0.29) is 5.97 Å². The fraction of sp³-hybridized carbons (Fsp3) is 0.190. The van der Waals surface area contributed by atoms with Crippen molar-refractivity contribution < 1.29 is 9.53 Å². The third kappa shape index (κ3) is 4.82. The van der Waals surface area contributed by atoms with Gasteiger partial charge in [0, 0.05) is 17.6 Å². The Morgan fingerprint density at radius 2 is 1.78 bits per heavy atom.